The third-order valence-electron chi connectivity index (χ3n) is 9.39. The number of benzene rings is 3. The van der Waals surface area contributed by atoms with Crippen LogP contribution >= 0.6 is 24.1 Å². The van der Waals surface area contributed by atoms with Gasteiger partial charge in [-0.1, -0.05) is 86.5 Å². The quantitative estimate of drug-likeness (QED) is 0.218. The lowest BCUT2D eigenvalue weighted by atomic mass is 9.73. The third-order valence-corrected chi connectivity index (χ3v) is 10.8. The number of rotatable bonds is 7. The van der Waals surface area contributed by atoms with Crippen LogP contribution in [0.15, 0.2) is 112 Å². The largest absolute Gasteiger partial charge is 0.421 e. The van der Waals surface area contributed by atoms with Crippen LogP contribution in [0.2, 0.25) is 0 Å². The van der Waals surface area contributed by atoms with E-state index in [4.69, 9.17) is 19.6 Å². The van der Waals surface area contributed by atoms with E-state index >= 15 is 0 Å². The van der Waals surface area contributed by atoms with Crippen molar-refractivity contribution in [1.29, 1.82) is 10.8 Å². The van der Waals surface area contributed by atoms with Gasteiger partial charge in [0, 0.05) is 33.5 Å². The molecule has 3 aromatic carbocycles. The summed E-state index contributed by atoms with van der Waals surface area (Å²) < 4.78 is 15.0. The van der Waals surface area contributed by atoms with Gasteiger partial charge in [0.2, 0.25) is 5.78 Å². The first kappa shape index (κ1) is 32.7. The number of nitrogens with one attached hydrogen (secondary N) is 2. The lowest BCUT2D eigenvalue weighted by molar-refractivity contribution is -0.115. The van der Waals surface area contributed by atoms with Crippen molar-refractivity contribution in [2.75, 3.05) is 0 Å². The number of allylic oxidation sites excluding steroid dienone is 6. The molecule has 3 aromatic rings. The summed E-state index contributed by atoms with van der Waals surface area (Å²) in [6.45, 7) is 2.20. The van der Waals surface area contributed by atoms with Crippen molar-refractivity contribution in [3.63, 3.8) is 0 Å². The van der Waals surface area contributed by atoms with Crippen LogP contribution in [0.4, 0.5) is 0 Å². The maximum Gasteiger partial charge on any atom is 0.211 e. The number of Topliss-reactive ketones (excluding diaryl/α,β-unsaturated/α-hetero) is 2. The van der Waals surface area contributed by atoms with Crippen molar-refractivity contribution in [3.8, 4) is 5.75 Å². The molecule has 7 rings (SSSR count). The summed E-state index contributed by atoms with van der Waals surface area (Å²) in [4.78, 5) is 25.4. The SMILES string of the molecule is CCc1ccc(C2(c3ccc(OSC4=C5C=CC(=N)C(=O)C5CC=C4)cc3)CCCC2)cc1.N=C1C=Cc2c(SO)cccc2C1=O. The molecule has 1 atom stereocenters. The van der Waals surface area contributed by atoms with Crippen molar-refractivity contribution >= 4 is 53.2 Å². The van der Waals surface area contributed by atoms with Gasteiger partial charge in [-0.05, 0) is 84.4 Å². The number of hydrogen-bond acceptors (Lipinski definition) is 8. The fourth-order valence-electron chi connectivity index (χ4n) is 6.76. The average molecular weight is 661 g/mol. The first-order valence-corrected chi connectivity index (χ1v) is 17.4. The van der Waals surface area contributed by atoms with E-state index in [0.29, 0.717) is 34.5 Å². The van der Waals surface area contributed by atoms with Gasteiger partial charge in [-0.25, -0.2) is 0 Å². The van der Waals surface area contributed by atoms with Gasteiger partial charge in [-0.15, -0.1) is 0 Å². The first-order valence-electron chi connectivity index (χ1n) is 15.9. The Morgan fingerprint density at radius 3 is 2.21 bits per heavy atom. The standard InChI is InChI=1S/C29H29NO2S.C10H7NO2S/c1-2-20-8-10-21(11-9-20)29(18-3-4-19-29)22-12-14-23(15-13-22)32-33-27-7-5-6-25-24(27)16-17-26(30)28(25)31;11-8-5-4-6-7(10(8)12)2-1-3-9(6)14-13/h5,7-17,25,30H,2-4,6,18-19H2,1H3;1-5,11,13H. The van der Waals surface area contributed by atoms with Gasteiger partial charge in [0.15, 0.2) is 5.78 Å². The average Bonchev–Trinajstić information content (AvgIpc) is 3.62. The molecule has 0 aliphatic heterocycles. The normalized spacial score (nSPS) is 19.3. The number of carbonyl (C=O) groups excluding carboxylic acids is 2. The molecule has 1 saturated carbocycles. The maximum atomic E-state index is 12.3. The second-order valence-corrected chi connectivity index (χ2v) is 13.4. The van der Waals surface area contributed by atoms with Crippen LogP contribution in [0.5, 0.6) is 5.75 Å². The van der Waals surface area contributed by atoms with E-state index < -0.39 is 0 Å². The minimum Gasteiger partial charge on any atom is -0.421 e. The van der Waals surface area contributed by atoms with Crippen LogP contribution in [0.3, 0.4) is 0 Å². The summed E-state index contributed by atoms with van der Waals surface area (Å²) in [5.41, 5.74) is 6.47. The van der Waals surface area contributed by atoms with Gasteiger partial charge in [0.05, 0.1) is 28.6 Å². The maximum absolute atomic E-state index is 12.3. The summed E-state index contributed by atoms with van der Waals surface area (Å²) in [6, 6.07) is 22.9. The molecule has 0 bridgehead atoms. The van der Waals surface area contributed by atoms with Gasteiger partial charge in [-0.3, -0.25) is 20.4 Å². The number of ketones is 2. The zero-order chi connectivity index (χ0) is 33.0. The van der Waals surface area contributed by atoms with E-state index in [-0.39, 0.29) is 34.3 Å². The highest BCUT2D eigenvalue weighted by Crippen LogP contribution is 2.47. The van der Waals surface area contributed by atoms with E-state index in [9.17, 15) is 9.59 Å². The fourth-order valence-corrected chi connectivity index (χ4v) is 7.93. The van der Waals surface area contributed by atoms with Crippen molar-refractivity contribution < 1.29 is 18.3 Å². The molecule has 4 aliphatic carbocycles. The lowest BCUT2D eigenvalue weighted by Crippen LogP contribution is -2.27. The Hall–Kier alpha value is -4.24. The van der Waals surface area contributed by atoms with E-state index in [0.717, 1.165) is 22.6 Å². The fraction of sp³-hybridized carbons (Fsp3) is 0.231. The molecule has 1 unspecified atom stereocenters. The van der Waals surface area contributed by atoms with Crippen LogP contribution in [-0.2, 0) is 16.6 Å². The predicted molar refractivity (Wildman–Crippen MR) is 192 cm³/mol. The molecule has 47 heavy (non-hydrogen) atoms. The van der Waals surface area contributed by atoms with E-state index in [1.54, 1.807) is 30.4 Å². The smallest absolute Gasteiger partial charge is 0.211 e. The van der Waals surface area contributed by atoms with Crippen molar-refractivity contribution in [2.24, 2.45) is 5.92 Å². The molecule has 0 spiro atoms. The van der Waals surface area contributed by atoms with Crippen molar-refractivity contribution in [3.05, 3.63) is 135 Å². The molecule has 0 amide bonds. The van der Waals surface area contributed by atoms with Gasteiger partial charge < -0.3 is 8.74 Å². The van der Waals surface area contributed by atoms with Crippen LogP contribution in [0.25, 0.3) is 6.08 Å². The first-order chi connectivity index (χ1) is 22.8. The third kappa shape index (κ3) is 6.63. The topological polar surface area (TPSA) is 111 Å². The highest BCUT2D eigenvalue weighted by Gasteiger charge is 2.37. The molecule has 8 heteroatoms. The Kier molecular flexibility index (Phi) is 9.92. The Balaban J connectivity index is 0.000000230. The van der Waals surface area contributed by atoms with Crippen LogP contribution < -0.4 is 4.18 Å². The number of fused-ring (bicyclic) bond motifs is 2. The molecule has 238 valence electrons. The molecule has 0 aromatic heterocycles. The molecule has 0 saturated heterocycles. The van der Waals surface area contributed by atoms with Gasteiger partial charge >= 0.3 is 0 Å². The Bertz CT molecular complexity index is 1850. The monoisotopic (exact) mass is 660 g/mol. The molecule has 1 fully saturated rings. The van der Waals surface area contributed by atoms with E-state index in [1.807, 2.05) is 18.2 Å². The molecule has 6 nitrogen and oxygen atoms in total. The summed E-state index contributed by atoms with van der Waals surface area (Å²) in [5, 5.41) is 15.1. The second kappa shape index (κ2) is 14.3. The Labute approximate surface area is 284 Å². The van der Waals surface area contributed by atoms with Crippen LogP contribution in [0.1, 0.15) is 71.6 Å². The number of aryl methyl sites for hydroxylation is 1. The van der Waals surface area contributed by atoms with E-state index in [2.05, 4.69) is 55.5 Å². The van der Waals surface area contributed by atoms with Crippen LogP contribution in [-0.4, -0.2) is 27.5 Å². The van der Waals surface area contributed by atoms with Crippen molar-refractivity contribution in [1.82, 2.24) is 0 Å². The number of hydrogen-bond donors (Lipinski definition) is 3. The van der Waals surface area contributed by atoms with Gasteiger partial charge in [0.1, 0.15) is 11.5 Å². The van der Waals surface area contributed by atoms with Crippen LogP contribution in [0, 0.1) is 16.7 Å². The summed E-state index contributed by atoms with van der Waals surface area (Å²) in [7, 11) is 0. The summed E-state index contributed by atoms with van der Waals surface area (Å²) in [6.07, 6.45) is 17.2. The summed E-state index contributed by atoms with van der Waals surface area (Å²) in [5.74, 6) is 0.162. The molecule has 4 aliphatic rings. The highest BCUT2D eigenvalue weighted by molar-refractivity contribution is 7.99. The molecule has 0 heterocycles. The van der Waals surface area contributed by atoms with Gasteiger partial charge in [-0.2, -0.15) is 0 Å². The zero-order valence-corrected chi connectivity index (χ0v) is 27.8. The highest BCUT2D eigenvalue weighted by atomic mass is 32.2. The minimum absolute atomic E-state index is 0.0161. The molecule has 3 N–H and O–H groups in total. The predicted octanol–water partition coefficient (Wildman–Crippen LogP) is 9.61. The summed E-state index contributed by atoms with van der Waals surface area (Å²) >= 11 is 1.91. The molecule has 0 radical (unpaired) electrons. The van der Waals surface area contributed by atoms with Crippen molar-refractivity contribution in [2.45, 2.75) is 55.8 Å². The lowest BCUT2D eigenvalue weighted by Gasteiger charge is -2.31. The van der Waals surface area contributed by atoms with Gasteiger partial charge in [0.25, 0.3) is 0 Å². The van der Waals surface area contributed by atoms with E-state index in [1.165, 1.54) is 60.5 Å². The molecular formula is C39H36N2O4S2. The second-order valence-electron chi connectivity index (χ2n) is 12.0. The zero-order valence-electron chi connectivity index (χ0n) is 26.1. The molecular weight excluding hydrogens is 625 g/mol. The minimum atomic E-state index is -0.293. The Morgan fingerprint density at radius 1 is 0.851 bits per heavy atom. The Morgan fingerprint density at radius 2 is 1.53 bits per heavy atom. The number of carbonyl (C=O) groups is 2.